The van der Waals surface area contributed by atoms with Crippen LogP contribution in [0.3, 0.4) is 0 Å². The lowest BCUT2D eigenvalue weighted by Gasteiger charge is -2.12. The van der Waals surface area contributed by atoms with Gasteiger partial charge in [-0.2, -0.15) is 0 Å². The van der Waals surface area contributed by atoms with Gasteiger partial charge in [-0.1, -0.05) is 12.2 Å². The molecule has 0 aliphatic heterocycles. The van der Waals surface area contributed by atoms with Crippen LogP contribution in [-0.4, -0.2) is 16.5 Å². The van der Waals surface area contributed by atoms with E-state index >= 15 is 0 Å². The number of hydrogen-bond donors (Lipinski definition) is 1. The van der Waals surface area contributed by atoms with E-state index in [0.717, 1.165) is 17.8 Å². The molecule has 0 radical (unpaired) electrons. The van der Waals surface area contributed by atoms with Crippen LogP contribution in [0.5, 0.6) is 0 Å². The number of nitrogens with one attached hydrogen (secondary N) is 1. The maximum absolute atomic E-state index is 4.20. The van der Waals surface area contributed by atoms with Gasteiger partial charge in [0.25, 0.3) is 0 Å². The van der Waals surface area contributed by atoms with Crippen molar-refractivity contribution in [3.63, 3.8) is 0 Å². The van der Waals surface area contributed by atoms with Crippen molar-refractivity contribution < 1.29 is 0 Å². The maximum atomic E-state index is 4.20. The molecular weight excluding hydrogens is 162 g/mol. The average Bonchev–Trinajstić information content (AvgIpc) is 2.15. The second kappa shape index (κ2) is 4.72. The molecule has 1 N–H and O–H groups in total. The summed E-state index contributed by atoms with van der Waals surface area (Å²) in [6, 6.07) is 0.227. The maximum Gasteiger partial charge on any atom is 0.0753 e. The molecule has 0 aliphatic rings. The van der Waals surface area contributed by atoms with Crippen molar-refractivity contribution >= 4 is 0 Å². The lowest BCUT2D eigenvalue weighted by molar-refractivity contribution is 0.589. The van der Waals surface area contributed by atoms with Crippen molar-refractivity contribution in [1.29, 1.82) is 0 Å². The summed E-state index contributed by atoms with van der Waals surface area (Å²) in [5, 5.41) is 3.30. The van der Waals surface area contributed by atoms with Crippen molar-refractivity contribution in [3.8, 4) is 0 Å². The molecule has 1 heterocycles. The summed E-state index contributed by atoms with van der Waals surface area (Å²) >= 11 is 0. The molecule has 3 nitrogen and oxygen atoms in total. The van der Waals surface area contributed by atoms with Gasteiger partial charge < -0.3 is 5.32 Å². The first kappa shape index (κ1) is 9.86. The molecule has 13 heavy (non-hydrogen) atoms. The molecule has 0 spiro atoms. The molecule has 1 atom stereocenters. The van der Waals surface area contributed by atoms with Gasteiger partial charge in [0.2, 0.25) is 0 Å². The molecule has 1 unspecified atom stereocenters. The first-order valence-corrected chi connectivity index (χ1v) is 4.34. The summed E-state index contributed by atoms with van der Waals surface area (Å²) in [5.74, 6) is 0. The topological polar surface area (TPSA) is 37.8 Å². The van der Waals surface area contributed by atoms with E-state index in [2.05, 4.69) is 28.8 Å². The highest BCUT2D eigenvalue weighted by Gasteiger charge is 2.04. The summed E-state index contributed by atoms with van der Waals surface area (Å²) in [4.78, 5) is 8.21. The van der Waals surface area contributed by atoms with E-state index in [1.165, 1.54) is 0 Å². The zero-order valence-corrected chi connectivity index (χ0v) is 8.12. The fraction of sp³-hybridized carbons (Fsp3) is 0.400. The van der Waals surface area contributed by atoms with Crippen LogP contribution in [0.2, 0.25) is 0 Å². The Balaban J connectivity index is 2.49. The Morgan fingerprint density at radius 1 is 1.62 bits per heavy atom. The predicted molar refractivity (Wildman–Crippen MR) is 53.3 cm³/mol. The van der Waals surface area contributed by atoms with Crippen LogP contribution in [0.15, 0.2) is 30.7 Å². The third kappa shape index (κ3) is 3.34. The van der Waals surface area contributed by atoms with Crippen molar-refractivity contribution in [1.82, 2.24) is 15.3 Å². The van der Waals surface area contributed by atoms with Crippen LogP contribution in [0.1, 0.15) is 25.6 Å². The van der Waals surface area contributed by atoms with Crippen LogP contribution in [-0.2, 0) is 0 Å². The second-order valence-electron chi connectivity index (χ2n) is 3.19. The molecular formula is C10H15N3. The molecule has 70 valence electrons. The van der Waals surface area contributed by atoms with Crippen LogP contribution >= 0.6 is 0 Å². The molecule has 0 bridgehead atoms. The van der Waals surface area contributed by atoms with E-state index in [-0.39, 0.29) is 6.04 Å². The molecule has 0 aliphatic carbocycles. The van der Waals surface area contributed by atoms with Gasteiger partial charge in [0.15, 0.2) is 0 Å². The van der Waals surface area contributed by atoms with Gasteiger partial charge in [-0.25, -0.2) is 0 Å². The lowest BCUT2D eigenvalue weighted by Crippen LogP contribution is -2.21. The lowest BCUT2D eigenvalue weighted by atomic mass is 10.2. The zero-order chi connectivity index (χ0) is 9.68. The van der Waals surface area contributed by atoms with E-state index in [1.807, 2.05) is 6.92 Å². The van der Waals surface area contributed by atoms with Crippen LogP contribution < -0.4 is 5.32 Å². The Hall–Kier alpha value is -1.22. The van der Waals surface area contributed by atoms with Crippen LogP contribution in [0.4, 0.5) is 0 Å². The van der Waals surface area contributed by atoms with E-state index in [4.69, 9.17) is 0 Å². The standard InChI is InChI=1S/C10H15N3/c1-8(2)6-13-9(3)10-7-11-4-5-12-10/h4-5,7,9,13H,1,6H2,2-3H3. The van der Waals surface area contributed by atoms with Gasteiger partial charge in [-0.15, -0.1) is 0 Å². The van der Waals surface area contributed by atoms with E-state index in [9.17, 15) is 0 Å². The third-order valence-corrected chi connectivity index (χ3v) is 1.74. The summed E-state index contributed by atoms with van der Waals surface area (Å²) in [7, 11) is 0. The number of rotatable bonds is 4. The summed E-state index contributed by atoms with van der Waals surface area (Å²) < 4.78 is 0. The summed E-state index contributed by atoms with van der Waals surface area (Å²) in [5.41, 5.74) is 2.08. The molecule has 1 rings (SSSR count). The van der Waals surface area contributed by atoms with Gasteiger partial charge in [0, 0.05) is 31.2 Å². The highest BCUT2D eigenvalue weighted by molar-refractivity contribution is 5.02. The minimum absolute atomic E-state index is 0.227. The van der Waals surface area contributed by atoms with Crippen molar-refractivity contribution in [2.45, 2.75) is 19.9 Å². The minimum atomic E-state index is 0.227. The quantitative estimate of drug-likeness (QED) is 0.711. The Bertz CT molecular complexity index is 269. The van der Waals surface area contributed by atoms with Gasteiger partial charge in [0.05, 0.1) is 5.69 Å². The molecule has 1 aromatic heterocycles. The number of nitrogens with zero attached hydrogens (tertiary/aromatic N) is 2. The summed E-state index contributed by atoms with van der Waals surface area (Å²) in [6.07, 6.45) is 5.15. The van der Waals surface area contributed by atoms with Crippen LogP contribution in [0.25, 0.3) is 0 Å². The van der Waals surface area contributed by atoms with Gasteiger partial charge in [-0.3, -0.25) is 9.97 Å². The fourth-order valence-electron chi connectivity index (χ4n) is 0.966. The van der Waals surface area contributed by atoms with Crippen LogP contribution in [0, 0.1) is 0 Å². The Morgan fingerprint density at radius 3 is 2.92 bits per heavy atom. The van der Waals surface area contributed by atoms with E-state index in [1.54, 1.807) is 18.6 Å². The third-order valence-electron chi connectivity index (χ3n) is 1.74. The number of hydrogen-bond acceptors (Lipinski definition) is 3. The van der Waals surface area contributed by atoms with Crippen molar-refractivity contribution in [3.05, 3.63) is 36.4 Å². The van der Waals surface area contributed by atoms with E-state index in [0.29, 0.717) is 0 Å². The molecule has 3 heteroatoms. The monoisotopic (exact) mass is 177 g/mol. The second-order valence-corrected chi connectivity index (χ2v) is 3.19. The Labute approximate surface area is 78.9 Å². The summed E-state index contributed by atoms with van der Waals surface area (Å²) in [6.45, 7) is 8.70. The smallest absolute Gasteiger partial charge is 0.0753 e. The molecule has 1 aromatic rings. The van der Waals surface area contributed by atoms with Gasteiger partial charge >= 0.3 is 0 Å². The highest BCUT2D eigenvalue weighted by Crippen LogP contribution is 2.06. The van der Waals surface area contributed by atoms with Crippen molar-refractivity contribution in [2.75, 3.05) is 6.54 Å². The Morgan fingerprint density at radius 2 is 2.38 bits per heavy atom. The molecule has 0 amide bonds. The SMILES string of the molecule is C=C(C)CNC(C)c1cnccn1. The van der Waals surface area contributed by atoms with Gasteiger partial charge in [0.1, 0.15) is 0 Å². The predicted octanol–water partition coefficient (Wildman–Crippen LogP) is 1.70. The minimum Gasteiger partial charge on any atom is -0.305 e. The van der Waals surface area contributed by atoms with Gasteiger partial charge in [-0.05, 0) is 13.8 Å². The number of aromatic nitrogens is 2. The molecule has 0 saturated carbocycles. The highest BCUT2D eigenvalue weighted by atomic mass is 14.9. The first-order chi connectivity index (χ1) is 6.20. The molecule has 0 fully saturated rings. The molecule has 0 saturated heterocycles. The molecule has 0 aromatic carbocycles. The Kier molecular flexibility index (Phi) is 3.58. The van der Waals surface area contributed by atoms with E-state index < -0.39 is 0 Å². The normalized spacial score (nSPS) is 12.5. The average molecular weight is 177 g/mol. The zero-order valence-electron chi connectivity index (χ0n) is 8.12. The fourth-order valence-corrected chi connectivity index (χ4v) is 0.966. The van der Waals surface area contributed by atoms with Crippen molar-refractivity contribution in [2.24, 2.45) is 0 Å². The first-order valence-electron chi connectivity index (χ1n) is 4.34. The largest absolute Gasteiger partial charge is 0.305 e.